The Kier molecular flexibility index (Phi) is 3.91. The van der Waals surface area contributed by atoms with Crippen LogP contribution in [-0.2, 0) is 4.79 Å². The Balaban J connectivity index is 2.46. The number of benzene rings is 1. The third kappa shape index (κ3) is 2.96. The Morgan fingerprint density at radius 1 is 1.53 bits per heavy atom. The van der Waals surface area contributed by atoms with Crippen LogP contribution in [0.25, 0.3) is 5.69 Å². The lowest BCUT2D eigenvalue weighted by atomic mass is 10.3. The predicted molar refractivity (Wildman–Crippen MR) is 69.1 cm³/mol. The first-order chi connectivity index (χ1) is 8.99. The second kappa shape index (κ2) is 5.45. The number of thioether (sulfide) groups is 1. The molecule has 0 saturated carbocycles. The maximum atomic E-state index is 13.3. The largest absolute Gasteiger partial charge is 0.481 e. The number of anilines is 1. The number of nitrogen functional groups attached to an aromatic ring is 1. The highest BCUT2D eigenvalue weighted by Crippen LogP contribution is 2.28. The number of nitrogens with two attached hydrogens (primary N) is 1. The van der Waals surface area contributed by atoms with Gasteiger partial charge in [0, 0.05) is 0 Å². The van der Waals surface area contributed by atoms with Crippen LogP contribution in [0.15, 0.2) is 23.4 Å². The summed E-state index contributed by atoms with van der Waals surface area (Å²) in [5, 5.41) is 16.5. The smallest absolute Gasteiger partial charge is 0.313 e. The first kappa shape index (κ1) is 13.6. The molecule has 0 unspecified atom stereocenters. The van der Waals surface area contributed by atoms with E-state index in [1.165, 1.54) is 22.8 Å². The number of carboxylic acids is 1. The minimum atomic E-state index is -1.01. The fourth-order valence-corrected chi connectivity index (χ4v) is 2.26. The maximum absolute atomic E-state index is 13.3. The summed E-state index contributed by atoms with van der Waals surface area (Å²) in [4.78, 5) is 10.6. The molecule has 0 aliphatic rings. The predicted octanol–water partition coefficient (Wildman–Crippen LogP) is 1.82. The number of aliphatic carboxylic acids is 1. The monoisotopic (exact) mass is 302 g/mol. The van der Waals surface area contributed by atoms with E-state index in [1.807, 2.05) is 0 Å². The van der Waals surface area contributed by atoms with E-state index in [-0.39, 0.29) is 27.6 Å². The van der Waals surface area contributed by atoms with Gasteiger partial charge < -0.3 is 10.8 Å². The number of nitrogens with zero attached hydrogens (tertiary/aromatic N) is 3. The van der Waals surface area contributed by atoms with Gasteiger partial charge in [-0.05, 0) is 18.2 Å². The summed E-state index contributed by atoms with van der Waals surface area (Å²) in [5.41, 5.74) is 5.91. The highest BCUT2D eigenvalue weighted by Gasteiger charge is 2.16. The van der Waals surface area contributed by atoms with Crippen molar-refractivity contribution in [1.29, 1.82) is 0 Å². The van der Waals surface area contributed by atoms with Crippen LogP contribution < -0.4 is 5.73 Å². The van der Waals surface area contributed by atoms with Gasteiger partial charge in [-0.3, -0.25) is 9.36 Å². The molecule has 0 amide bonds. The van der Waals surface area contributed by atoms with Gasteiger partial charge in [0.2, 0.25) is 5.95 Å². The normalized spacial score (nSPS) is 10.6. The Morgan fingerprint density at radius 3 is 2.95 bits per heavy atom. The molecule has 0 saturated heterocycles. The molecule has 19 heavy (non-hydrogen) atoms. The minimum absolute atomic E-state index is 0.000360. The van der Waals surface area contributed by atoms with Crippen molar-refractivity contribution in [1.82, 2.24) is 14.8 Å². The molecule has 0 radical (unpaired) electrons. The van der Waals surface area contributed by atoms with E-state index in [4.69, 9.17) is 22.4 Å². The molecule has 0 aliphatic heterocycles. The molecule has 0 fully saturated rings. The van der Waals surface area contributed by atoms with Crippen molar-refractivity contribution in [3.63, 3.8) is 0 Å². The Labute approximate surface area is 116 Å². The van der Waals surface area contributed by atoms with Gasteiger partial charge >= 0.3 is 5.97 Å². The molecule has 3 N–H and O–H groups in total. The summed E-state index contributed by atoms with van der Waals surface area (Å²) in [5.74, 6) is -1.73. The van der Waals surface area contributed by atoms with Crippen LogP contribution in [0.2, 0.25) is 5.02 Å². The van der Waals surface area contributed by atoms with E-state index in [2.05, 4.69) is 10.2 Å². The van der Waals surface area contributed by atoms with Gasteiger partial charge in [0.1, 0.15) is 5.82 Å². The van der Waals surface area contributed by atoms with Gasteiger partial charge in [-0.1, -0.05) is 23.4 Å². The third-order valence-corrected chi connectivity index (χ3v) is 3.37. The molecule has 6 nitrogen and oxygen atoms in total. The highest BCUT2D eigenvalue weighted by molar-refractivity contribution is 7.99. The highest BCUT2D eigenvalue weighted by atomic mass is 35.5. The second-order valence-electron chi connectivity index (χ2n) is 3.45. The van der Waals surface area contributed by atoms with Crippen LogP contribution in [0.1, 0.15) is 0 Å². The van der Waals surface area contributed by atoms with Crippen LogP contribution >= 0.6 is 23.4 Å². The molecular weight excluding hydrogens is 295 g/mol. The zero-order chi connectivity index (χ0) is 14.0. The molecule has 1 heterocycles. The van der Waals surface area contributed by atoms with Crippen molar-refractivity contribution >= 4 is 35.3 Å². The molecule has 9 heteroatoms. The summed E-state index contributed by atoms with van der Waals surface area (Å²) < 4.78 is 14.6. The molecule has 100 valence electrons. The molecule has 2 aromatic rings. The van der Waals surface area contributed by atoms with Gasteiger partial charge in [-0.25, -0.2) is 4.39 Å². The summed E-state index contributed by atoms with van der Waals surface area (Å²) in [6.07, 6.45) is 0. The maximum Gasteiger partial charge on any atom is 0.313 e. The van der Waals surface area contributed by atoms with Gasteiger partial charge in [0.05, 0.1) is 16.5 Å². The molecule has 0 spiro atoms. The summed E-state index contributed by atoms with van der Waals surface area (Å²) in [7, 11) is 0. The van der Waals surface area contributed by atoms with E-state index in [0.717, 1.165) is 11.8 Å². The van der Waals surface area contributed by atoms with Crippen LogP contribution in [0.4, 0.5) is 10.3 Å². The van der Waals surface area contributed by atoms with E-state index in [9.17, 15) is 9.18 Å². The molecule has 1 aromatic heterocycles. The summed E-state index contributed by atoms with van der Waals surface area (Å²) in [6.45, 7) is 0. The van der Waals surface area contributed by atoms with Crippen LogP contribution in [0.5, 0.6) is 0 Å². The van der Waals surface area contributed by atoms with Crippen molar-refractivity contribution < 1.29 is 14.3 Å². The fourth-order valence-electron chi connectivity index (χ4n) is 1.38. The van der Waals surface area contributed by atoms with E-state index >= 15 is 0 Å². The number of aromatic nitrogens is 3. The van der Waals surface area contributed by atoms with Crippen molar-refractivity contribution in [2.45, 2.75) is 5.16 Å². The average molecular weight is 303 g/mol. The SMILES string of the molecule is Nc1nnc(SCC(=O)O)n1-c1cc(F)ccc1Cl. The van der Waals surface area contributed by atoms with E-state index < -0.39 is 11.8 Å². The lowest BCUT2D eigenvalue weighted by Crippen LogP contribution is -2.05. The van der Waals surface area contributed by atoms with Crippen molar-refractivity contribution in [2.24, 2.45) is 0 Å². The standard InChI is InChI=1S/C10H8ClFN4O2S/c11-6-2-1-5(12)3-7(6)16-9(13)14-15-10(16)19-4-8(17)18/h1-3H,4H2,(H2,13,14)(H,17,18). The zero-order valence-electron chi connectivity index (χ0n) is 9.38. The molecule has 0 bridgehead atoms. The number of hydrogen-bond donors (Lipinski definition) is 2. The molecular formula is C10H8ClFN4O2S. The lowest BCUT2D eigenvalue weighted by Gasteiger charge is -2.09. The van der Waals surface area contributed by atoms with Crippen molar-refractivity contribution in [3.05, 3.63) is 29.0 Å². The second-order valence-corrected chi connectivity index (χ2v) is 4.80. The Bertz CT molecular complexity index is 634. The minimum Gasteiger partial charge on any atom is -0.481 e. The third-order valence-electron chi connectivity index (χ3n) is 2.13. The molecule has 0 aliphatic carbocycles. The Hall–Kier alpha value is -1.80. The van der Waals surface area contributed by atoms with Crippen molar-refractivity contribution in [2.75, 3.05) is 11.5 Å². The molecule has 2 rings (SSSR count). The number of halogens is 2. The van der Waals surface area contributed by atoms with Gasteiger partial charge in [-0.15, -0.1) is 10.2 Å². The zero-order valence-corrected chi connectivity index (χ0v) is 11.0. The first-order valence-corrected chi connectivity index (χ1v) is 6.36. The van der Waals surface area contributed by atoms with Crippen molar-refractivity contribution in [3.8, 4) is 5.69 Å². The number of hydrogen-bond acceptors (Lipinski definition) is 5. The van der Waals surface area contributed by atoms with E-state index in [1.54, 1.807) is 0 Å². The number of carbonyl (C=O) groups is 1. The fraction of sp³-hybridized carbons (Fsp3) is 0.100. The molecule has 0 atom stereocenters. The van der Waals surface area contributed by atoms with Gasteiger partial charge in [0.25, 0.3) is 0 Å². The summed E-state index contributed by atoms with van der Waals surface area (Å²) in [6, 6.07) is 3.75. The lowest BCUT2D eigenvalue weighted by molar-refractivity contribution is -0.133. The number of rotatable bonds is 4. The van der Waals surface area contributed by atoms with Crippen LogP contribution in [0.3, 0.4) is 0 Å². The van der Waals surface area contributed by atoms with Crippen LogP contribution in [0, 0.1) is 5.82 Å². The molecule has 1 aromatic carbocycles. The first-order valence-electron chi connectivity index (χ1n) is 5.00. The van der Waals surface area contributed by atoms with E-state index in [0.29, 0.717) is 0 Å². The Morgan fingerprint density at radius 2 is 2.26 bits per heavy atom. The quantitative estimate of drug-likeness (QED) is 0.837. The van der Waals surface area contributed by atoms with Gasteiger partial charge in [-0.2, -0.15) is 0 Å². The van der Waals surface area contributed by atoms with Gasteiger partial charge in [0.15, 0.2) is 5.16 Å². The van der Waals surface area contributed by atoms with Crippen LogP contribution in [-0.4, -0.2) is 31.6 Å². The summed E-state index contributed by atoms with van der Waals surface area (Å²) >= 11 is 6.88. The topological polar surface area (TPSA) is 94.0 Å². The number of carboxylic acid groups (broad SMARTS) is 1. The average Bonchev–Trinajstić information content (AvgIpc) is 2.71.